The Morgan fingerprint density at radius 1 is 0.913 bits per heavy atom. The van der Waals surface area contributed by atoms with Gasteiger partial charge in [0.25, 0.3) is 0 Å². The van der Waals surface area contributed by atoms with Crippen LogP contribution in [0.2, 0.25) is 0 Å². The lowest BCUT2D eigenvalue weighted by atomic mass is 9.89. The Bertz CT molecular complexity index is 1990. The van der Waals surface area contributed by atoms with Gasteiger partial charge in [-0.3, -0.25) is 29.0 Å². The third-order valence-corrected chi connectivity index (χ3v) is 8.81. The van der Waals surface area contributed by atoms with Crippen LogP contribution in [0.5, 0.6) is 0 Å². The number of imide groups is 2. The number of amides is 4. The Hall–Kier alpha value is -4.75. The second kappa shape index (κ2) is 11.0. The number of fused-ring (bicyclic) bond motifs is 2. The summed E-state index contributed by atoms with van der Waals surface area (Å²) in [4.78, 5) is 60.8. The summed E-state index contributed by atoms with van der Waals surface area (Å²) in [5.41, 5.74) is 3.75. The number of rotatable bonds is 8. The first-order chi connectivity index (χ1) is 21.5. The molecule has 4 amide bonds. The number of H-pyrrole nitrogens is 1. The highest BCUT2D eigenvalue weighted by Crippen LogP contribution is 2.30. The summed E-state index contributed by atoms with van der Waals surface area (Å²) < 4.78 is 3.03. The van der Waals surface area contributed by atoms with E-state index in [2.05, 4.69) is 37.4 Å². The molecular formula is C32H40N10O4. The van der Waals surface area contributed by atoms with Gasteiger partial charge in [0.2, 0.25) is 23.6 Å². The van der Waals surface area contributed by atoms with E-state index in [4.69, 9.17) is 20.3 Å². The molecule has 6 heterocycles. The van der Waals surface area contributed by atoms with E-state index in [9.17, 15) is 19.2 Å². The molecule has 4 unspecified atom stereocenters. The molecule has 2 aliphatic rings. The van der Waals surface area contributed by atoms with Crippen molar-refractivity contribution < 1.29 is 19.2 Å². The predicted molar refractivity (Wildman–Crippen MR) is 168 cm³/mol. The highest BCUT2D eigenvalue weighted by atomic mass is 16.2. The van der Waals surface area contributed by atoms with Crippen LogP contribution in [0.3, 0.4) is 0 Å². The molecular weight excluding hydrogens is 588 g/mol. The van der Waals surface area contributed by atoms with Crippen LogP contribution >= 0.6 is 0 Å². The molecule has 0 bridgehead atoms. The van der Waals surface area contributed by atoms with Crippen molar-refractivity contribution in [3.05, 3.63) is 40.4 Å². The van der Waals surface area contributed by atoms with Crippen LogP contribution in [0.25, 0.3) is 22.9 Å². The van der Waals surface area contributed by atoms with Crippen molar-refractivity contribution in [3.63, 3.8) is 0 Å². The summed E-state index contributed by atoms with van der Waals surface area (Å²) in [7, 11) is 0. The van der Waals surface area contributed by atoms with Crippen molar-refractivity contribution in [2.24, 2.45) is 11.8 Å². The zero-order valence-electron chi connectivity index (χ0n) is 27.6. The standard InChI is InChI=1S/C32H40N10O4/c1-15(2)24-20(28-33-26(37-41(28)35-24)18(5)13-39-22(43)10-16(3)30(39)45)12-21-25(32(7,8)9)36-42-29(21)34-27(38-42)19(6)14-40-23(44)11-17(4)31(40)46/h12,16-19H,1,10-11,13-14H2,2-9H3,(H,34,38). The van der Waals surface area contributed by atoms with E-state index >= 15 is 0 Å². The lowest BCUT2D eigenvalue weighted by Gasteiger charge is -2.18. The minimum absolute atomic E-state index is 0.160. The van der Waals surface area contributed by atoms with Gasteiger partial charge in [0, 0.05) is 65.8 Å². The van der Waals surface area contributed by atoms with Gasteiger partial charge in [-0.1, -0.05) is 55.0 Å². The number of carbonyl (C=O) groups is 4. The van der Waals surface area contributed by atoms with Gasteiger partial charge >= 0.3 is 0 Å². The Morgan fingerprint density at radius 3 is 2.02 bits per heavy atom. The zero-order valence-corrected chi connectivity index (χ0v) is 27.6. The molecule has 4 aromatic heterocycles. The normalized spacial score (nSPS) is 21.2. The van der Waals surface area contributed by atoms with Crippen LogP contribution in [0.15, 0.2) is 6.58 Å². The third-order valence-electron chi connectivity index (χ3n) is 8.81. The van der Waals surface area contributed by atoms with Crippen LogP contribution in [0.1, 0.15) is 109 Å². The van der Waals surface area contributed by atoms with Gasteiger partial charge in [0.15, 0.2) is 17.1 Å². The number of aromatic nitrogens is 8. The molecule has 1 N–H and O–H groups in total. The number of aromatic amines is 1. The van der Waals surface area contributed by atoms with Gasteiger partial charge in [0.1, 0.15) is 5.82 Å². The van der Waals surface area contributed by atoms with Gasteiger partial charge in [-0.25, -0.2) is 4.98 Å². The van der Waals surface area contributed by atoms with Crippen LogP contribution < -0.4 is 5.22 Å². The molecule has 0 spiro atoms. The summed E-state index contributed by atoms with van der Waals surface area (Å²) in [6, 6.07) is 0. The van der Waals surface area contributed by atoms with Crippen molar-refractivity contribution >= 4 is 46.6 Å². The Labute approximate surface area is 265 Å². The van der Waals surface area contributed by atoms with Gasteiger partial charge in [-0.15, -0.1) is 24.6 Å². The SMILES string of the molecule is C=C(C)c1nn2nc(C(C)CN3C(=O)CC(C)C3=O)nc2c1=Cc1c(C(C)(C)C)nn2nc(C(C)CN3C(=O)CC(C)C3=O)[nH]c12. The molecule has 0 radical (unpaired) electrons. The van der Waals surface area contributed by atoms with Crippen LogP contribution in [-0.2, 0) is 24.6 Å². The van der Waals surface area contributed by atoms with E-state index in [1.54, 1.807) is 18.5 Å². The van der Waals surface area contributed by atoms with Crippen molar-refractivity contribution in [2.45, 2.75) is 85.5 Å². The first-order valence-electron chi connectivity index (χ1n) is 15.7. The lowest BCUT2D eigenvalue weighted by molar-refractivity contribution is -0.141. The van der Waals surface area contributed by atoms with E-state index in [1.807, 2.05) is 26.8 Å². The first-order valence-corrected chi connectivity index (χ1v) is 15.7. The smallest absolute Gasteiger partial charge is 0.232 e. The molecule has 0 aromatic carbocycles. The molecule has 4 atom stereocenters. The second-order valence-electron chi connectivity index (χ2n) is 14.0. The lowest BCUT2D eigenvalue weighted by Crippen LogP contribution is -2.34. The molecule has 14 heteroatoms. The zero-order chi connectivity index (χ0) is 33.4. The van der Waals surface area contributed by atoms with Gasteiger partial charge in [0.05, 0.1) is 11.4 Å². The fraction of sp³-hybridized carbons (Fsp3) is 0.531. The third kappa shape index (κ3) is 5.18. The summed E-state index contributed by atoms with van der Waals surface area (Å²) in [6.45, 7) is 20.0. The largest absolute Gasteiger partial charge is 0.325 e. The summed E-state index contributed by atoms with van der Waals surface area (Å²) in [5.74, 6) is -0.786. The molecule has 46 heavy (non-hydrogen) atoms. The molecule has 4 aromatic rings. The molecule has 2 fully saturated rings. The number of hydrogen-bond acceptors (Lipinski definition) is 9. The van der Waals surface area contributed by atoms with Crippen LogP contribution in [0, 0.1) is 11.8 Å². The molecule has 2 saturated heterocycles. The average molecular weight is 629 g/mol. The maximum atomic E-state index is 12.6. The Balaban J connectivity index is 1.42. The maximum absolute atomic E-state index is 12.6. The van der Waals surface area contributed by atoms with Crippen molar-refractivity contribution in [1.29, 1.82) is 0 Å². The number of nitrogens with one attached hydrogen (secondary N) is 1. The predicted octanol–water partition coefficient (Wildman–Crippen LogP) is 2.37. The highest BCUT2D eigenvalue weighted by Gasteiger charge is 2.38. The number of nitrogens with zero attached hydrogens (tertiary/aromatic N) is 9. The van der Waals surface area contributed by atoms with Crippen LogP contribution in [0.4, 0.5) is 0 Å². The van der Waals surface area contributed by atoms with E-state index in [-0.39, 0.29) is 78.6 Å². The molecule has 242 valence electrons. The van der Waals surface area contributed by atoms with E-state index < -0.39 is 0 Å². The molecule has 0 aliphatic carbocycles. The van der Waals surface area contributed by atoms with Crippen molar-refractivity contribution in [1.82, 2.24) is 49.4 Å². The van der Waals surface area contributed by atoms with E-state index in [0.717, 1.165) is 16.8 Å². The van der Waals surface area contributed by atoms with Crippen LogP contribution in [-0.4, -0.2) is 86.1 Å². The molecule has 0 saturated carbocycles. The van der Waals surface area contributed by atoms with Gasteiger partial charge in [-0.05, 0) is 18.6 Å². The monoisotopic (exact) mass is 628 g/mol. The highest BCUT2D eigenvalue weighted by molar-refractivity contribution is 6.04. The molecule has 14 nitrogen and oxygen atoms in total. The van der Waals surface area contributed by atoms with E-state index in [0.29, 0.717) is 33.9 Å². The number of carbonyl (C=O) groups excluding carboxylic acids is 4. The van der Waals surface area contributed by atoms with E-state index in [1.165, 1.54) is 14.4 Å². The maximum Gasteiger partial charge on any atom is 0.232 e. The minimum atomic E-state index is -0.352. The summed E-state index contributed by atoms with van der Waals surface area (Å²) in [6.07, 6.45) is 2.41. The summed E-state index contributed by atoms with van der Waals surface area (Å²) in [5, 5.41) is 19.6. The quantitative estimate of drug-likeness (QED) is 0.289. The molecule has 6 rings (SSSR count). The van der Waals surface area contributed by atoms with Gasteiger partial charge in [-0.2, -0.15) is 5.10 Å². The molecule has 2 aliphatic heterocycles. The first kappa shape index (κ1) is 31.2. The Kier molecular flexibility index (Phi) is 7.44. The van der Waals surface area contributed by atoms with Gasteiger partial charge < -0.3 is 4.98 Å². The summed E-state index contributed by atoms with van der Waals surface area (Å²) >= 11 is 0. The minimum Gasteiger partial charge on any atom is -0.325 e. The fourth-order valence-electron chi connectivity index (χ4n) is 6.18. The Morgan fingerprint density at radius 2 is 1.50 bits per heavy atom. The average Bonchev–Trinajstić information content (AvgIpc) is 3.78. The number of allylic oxidation sites excluding steroid dienone is 1. The number of hydrogen-bond donors (Lipinski definition) is 1. The second-order valence-corrected chi connectivity index (χ2v) is 14.0. The van der Waals surface area contributed by atoms with Crippen molar-refractivity contribution in [3.8, 4) is 0 Å². The topological polar surface area (TPSA) is 164 Å². The fourth-order valence-corrected chi connectivity index (χ4v) is 6.18. The van der Waals surface area contributed by atoms with Crippen molar-refractivity contribution in [2.75, 3.05) is 13.1 Å². The number of likely N-dealkylation sites (tertiary alicyclic amines) is 2.